The topological polar surface area (TPSA) is 0 Å². The van der Waals surface area contributed by atoms with Gasteiger partial charge in [0.2, 0.25) is 0 Å². The minimum Gasteiger partial charge on any atom is -0.0808 e. The number of rotatable bonds is 1. The average molecular weight is 188 g/mol. The van der Waals surface area contributed by atoms with Crippen LogP contribution in [0.1, 0.15) is 51.9 Å². The van der Waals surface area contributed by atoms with Crippen LogP contribution in [0.2, 0.25) is 0 Å². The van der Waals surface area contributed by atoms with Crippen molar-refractivity contribution in [3.63, 3.8) is 0 Å². The predicted octanol–water partition coefficient (Wildman–Crippen LogP) is 4.23. The standard InChI is InChI=1S/C14H20/c1-14-8-3-2-4-13(14)10-12(7-9-14)11-5-6-11/h4,10-11H,2-3,5-9H2,1H3. The zero-order valence-corrected chi connectivity index (χ0v) is 9.18. The first kappa shape index (κ1) is 8.76. The van der Waals surface area contributed by atoms with Crippen LogP contribution < -0.4 is 0 Å². The summed E-state index contributed by atoms with van der Waals surface area (Å²) in [5.74, 6) is 0.988. The Morgan fingerprint density at radius 2 is 2.14 bits per heavy atom. The lowest BCUT2D eigenvalue weighted by molar-refractivity contribution is 0.308. The quantitative estimate of drug-likeness (QED) is 0.577. The Balaban J connectivity index is 1.92. The van der Waals surface area contributed by atoms with Crippen LogP contribution >= 0.6 is 0 Å². The number of hydrogen-bond donors (Lipinski definition) is 0. The van der Waals surface area contributed by atoms with Crippen LogP contribution in [-0.2, 0) is 0 Å². The molecule has 0 radical (unpaired) electrons. The van der Waals surface area contributed by atoms with Crippen molar-refractivity contribution < 1.29 is 0 Å². The summed E-state index contributed by atoms with van der Waals surface area (Å²) in [5, 5.41) is 0. The summed E-state index contributed by atoms with van der Waals surface area (Å²) in [7, 11) is 0. The fraction of sp³-hybridized carbons (Fsp3) is 0.714. The molecule has 0 heterocycles. The molecule has 3 aliphatic rings. The molecule has 0 aromatic heterocycles. The lowest BCUT2D eigenvalue weighted by atomic mass is 9.67. The van der Waals surface area contributed by atoms with Crippen molar-refractivity contribution in [2.75, 3.05) is 0 Å². The van der Waals surface area contributed by atoms with Crippen LogP contribution in [0.15, 0.2) is 23.3 Å². The highest BCUT2D eigenvalue weighted by Gasteiger charge is 2.36. The molecule has 0 aliphatic heterocycles. The number of fused-ring (bicyclic) bond motifs is 1. The fourth-order valence-corrected chi connectivity index (χ4v) is 3.11. The van der Waals surface area contributed by atoms with Crippen LogP contribution in [-0.4, -0.2) is 0 Å². The Labute approximate surface area is 87.1 Å². The van der Waals surface area contributed by atoms with Gasteiger partial charge in [-0.25, -0.2) is 0 Å². The molecular formula is C14H20. The van der Waals surface area contributed by atoms with Gasteiger partial charge in [-0.15, -0.1) is 0 Å². The van der Waals surface area contributed by atoms with Gasteiger partial charge in [0.25, 0.3) is 0 Å². The second kappa shape index (κ2) is 2.98. The summed E-state index contributed by atoms with van der Waals surface area (Å²) < 4.78 is 0. The molecule has 0 saturated heterocycles. The molecule has 0 heteroatoms. The molecule has 14 heavy (non-hydrogen) atoms. The van der Waals surface area contributed by atoms with Gasteiger partial charge in [-0.1, -0.05) is 24.6 Å². The molecule has 0 spiro atoms. The van der Waals surface area contributed by atoms with Gasteiger partial charge in [0.1, 0.15) is 0 Å². The highest BCUT2D eigenvalue weighted by atomic mass is 14.4. The minimum atomic E-state index is 0.552. The molecule has 3 aliphatic carbocycles. The van der Waals surface area contributed by atoms with E-state index in [4.69, 9.17) is 0 Å². The monoisotopic (exact) mass is 188 g/mol. The van der Waals surface area contributed by atoms with E-state index in [2.05, 4.69) is 19.1 Å². The third-order valence-corrected chi connectivity index (χ3v) is 4.40. The first-order chi connectivity index (χ1) is 6.78. The molecule has 76 valence electrons. The second-order valence-electron chi connectivity index (χ2n) is 5.61. The second-order valence-corrected chi connectivity index (χ2v) is 5.61. The van der Waals surface area contributed by atoms with E-state index >= 15 is 0 Å². The first-order valence-corrected chi connectivity index (χ1v) is 6.19. The van der Waals surface area contributed by atoms with E-state index in [1.165, 1.54) is 44.9 Å². The largest absolute Gasteiger partial charge is 0.0808 e. The summed E-state index contributed by atoms with van der Waals surface area (Å²) in [6, 6.07) is 0. The summed E-state index contributed by atoms with van der Waals surface area (Å²) in [5.41, 5.74) is 4.00. The highest BCUT2D eigenvalue weighted by Crippen LogP contribution is 2.50. The summed E-state index contributed by atoms with van der Waals surface area (Å²) in [4.78, 5) is 0. The molecule has 1 atom stereocenters. The van der Waals surface area contributed by atoms with Crippen LogP contribution in [0.4, 0.5) is 0 Å². The Hall–Kier alpha value is -0.520. The molecule has 1 fully saturated rings. The van der Waals surface area contributed by atoms with Crippen molar-refractivity contribution in [1.82, 2.24) is 0 Å². The number of hydrogen-bond acceptors (Lipinski definition) is 0. The summed E-state index contributed by atoms with van der Waals surface area (Å²) >= 11 is 0. The molecule has 1 unspecified atom stereocenters. The summed E-state index contributed by atoms with van der Waals surface area (Å²) in [6.45, 7) is 2.47. The van der Waals surface area contributed by atoms with E-state index < -0.39 is 0 Å². The van der Waals surface area contributed by atoms with E-state index in [0.717, 1.165) is 5.92 Å². The van der Waals surface area contributed by atoms with Crippen molar-refractivity contribution in [3.05, 3.63) is 23.3 Å². The molecule has 0 amide bonds. The fourth-order valence-electron chi connectivity index (χ4n) is 3.11. The third-order valence-electron chi connectivity index (χ3n) is 4.40. The molecule has 0 aromatic rings. The lowest BCUT2D eigenvalue weighted by Crippen LogP contribution is -2.24. The maximum absolute atomic E-state index is 2.56. The van der Waals surface area contributed by atoms with Gasteiger partial charge in [0, 0.05) is 0 Å². The lowest BCUT2D eigenvalue weighted by Gasteiger charge is -2.38. The van der Waals surface area contributed by atoms with Gasteiger partial charge < -0.3 is 0 Å². The van der Waals surface area contributed by atoms with Gasteiger partial charge in [-0.2, -0.15) is 0 Å². The zero-order valence-electron chi connectivity index (χ0n) is 9.18. The molecule has 3 rings (SSSR count). The molecule has 0 bridgehead atoms. The van der Waals surface area contributed by atoms with E-state index in [-0.39, 0.29) is 0 Å². The van der Waals surface area contributed by atoms with Crippen LogP contribution in [0, 0.1) is 11.3 Å². The Kier molecular flexibility index (Phi) is 1.87. The van der Waals surface area contributed by atoms with Crippen molar-refractivity contribution in [1.29, 1.82) is 0 Å². The van der Waals surface area contributed by atoms with E-state index in [0.29, 0.717) is 5.41 Å². The van der Waals surface area contributed by atoms with E-state index in [1.807, 2.05) is 0 Å². The molecule has 1 saturated carbocycles. The van der Waals surface area contributed by atoms with Crippen molar-refractivity contribution in [3.8, 4) is 0 Å². The van der Waals surface area contributed by atoms with Gasteiger partial charge in [-0.05, 0) is 61.9 Å². The van der Waals surface area contributed by atoms with Gasteiger partial charge in [0.05, 0.1) is 0 Å². The Morgan fingerprint density at radius 3 is 2.93 bits per heavy atom. The van der Waals surface area contributed by atoms with Gasteiger partial charge in [-0.3, -0.25) is 0 Å². The van der Waals surface area contributed by atoms with Crippen LogP contribution in [0.25, 0.3) is 0 Å². The molecule has 0 nitrogen and oxygen atoms in total. The van der Waals surface area contributed by atoms with E-state index in [1.54, 1.807) is 11.1 Å². The molecule has 0 aromatic carbocycles. The normalized spacial score (nSPS) is 37.2. The summed E-state index contributed by atoms with van der Waals surface area (Å²) in [6.07, 6.45) is 15.0. The van der Waals surface area contributed by atoms with Crippen LogP contribution in [0.5, 0.6) is 0 Å². The maximum atomic E-state index is 2.56. The van der Waals surface area contributed by atoms with Crippen LogP contribution in [0.3, 0.4) is 0 Å². The first-order valence-electron chi connectivity index (χ1n) is 6.19. The zero-order chi connectivity index (χ0) is 9.60. The smallest absolute Gasteiger partial charge is 0.00753 e. The van der Waals surface area contributed by atoms with E-state index in [9.17, 15) is 0 Å². The molecule has 0 N–H and O–H groups in total. The maximum Gasteiger partial charge on any atom is -0.00753 e. The Bertz CT molecular complexity index is 304. The third kappa shape index (κ3) is 1.36. The highest BCUT2D eigenvalue weighted by molar-refractivity contribution is 5.36. The van der Waals surface area contributed by atoms with Gasteiger partial charge in [0.15, 0.2) is 0 Å². The SMILES string of the molecule is CC12CCCC=C1C=C(C1CC1)CC2. The minimum absolute atomic E-state index is 0.552. The van der Waals surface area contributed by atoms with Crippen molar-refractivity contribution in [2.45, 2.75) is 51.9 Å². The average Bonchev–Trinajstić information content (AvgIpc) is 3.00. The Morgan fingerprint density at radius 1 is 1.29 bits per heavy atom. The van der Waals surface area contributed by atoms with Crippen molar-refractivity contribution >= 4 is 0 Å². The van der Waals surface area contributed by atoms with Crippen molar-refractivity contribution in [2.24, 2.45) is 11.3 Å². The van der Waals surface area contributed by atoms with Gasteiger partial charge >= 0.3 is 0 Å². The molecular weight excluding hydrogens is 168 g/mol. The predicted molar refractivity (Wildman–Crippen MR) is 60.1 cm³/mol. The number of allylic oxidation sites excluding steroid dienone is 4.